The molecule has 1 atom stereocenters. The lowest BCUT2D eigenvalue weighted by Crippen LogP contribution is -2.55. The van der Waals surface area contributed by atoms with Gasteiger partial charge in [-0.2, -0.15) is 0 Å². The smallest absolute Gasteiger partial charge is 0.481 e. The number of benzene rings is 1. The fraction of sp³-hybridized carbons (Fsp3) is 0.414. The first-order chi connectivity index (χ1) is 20.2. The van der Waals surface area contributed by atoms with Gasteiger partial charge in [0.2, 0.25) is 5.91 Å². The summed E-state index contributed by atoms with van der Waals surface area (Å²) in [4.78, 5) is 77.4. The van der Waals surface area contributed by atoms with Crippen LogP contribution in [0.3, 0.4) is 0 Å². The van der Waals surface area contributed by atoms with Crippen LogP contribution >= 0.6 is 0 Å². The number of aliphatic carboxylic acids is 1. The van der Waals surface area contributed by atoms with Crippen LogP contribution in [0.25, 0.3) is 17.0 Å². The molecule has 1 saturated heterocycles. The Hall–Kier alpha value is -4.65. The molecule has 0 radical (unpaired) electrons. The number of carboxylic acids is 1. The largest absolute Gasteiger partial charge is 0.527 e. The zero-order chi connectivity index (χ0) is 30.1. The van der Waals surface area contributed by atoms with E-state index < -0.39 is 30.0 Å². The number of Topliss-reactive ketones (excluding diaryl/α,β-unsaturated/α-hetero) is 1. The van der Waals surface area contributed by atoms with Crippen molar-refractivity contribution in [2.75, 3.05) is 32.8 Å². The molecule has 1 aromatic heterocycles. The van der Waals surface area contributed by atoms with Gasteiger partial charge >= 0.3 is 12.1 Å². The lowest BCUT2D eigenvalue weighted by Gasteiger charge is -2.35. The van der Waals surface area contributed by atoms with Gasteiger partial charge in [0, 0.05) is 37.9 Å². The van der Waals surface area contributed by atoms with E-state index in [1.807, 2.05) is 30.3 Å². The fourth-order valence-electron chi connectivity index (χ4n) is 4.62. The minimum Gasteiger partial charge on any atom is -0.481 e. The van der Waals surface area contributed by atoms with E-state index in [0.717, 1.165) is 5.57 Å². The topological polar surface area (TPSA) is 168 Å². The van der Waals surface area contributed by atoms with Gasteiger partial charge in [-0.15, -0.1) is 5.06 Å². The number of carbonyl (C=O) groups is 5. The molecule has 0 unspecified atom stereocenters. The number of amides is 2. The van der Waals surface area contributed by atoms with Crippen molar-refractivity contribution in [1.29, 1.82) is 0 Å². The number of ketones is 1. The standard InChI is InChI=1S/C29H33N5O8/c1-2-41-29(40)42-34-16-14-33(15-17-34)28(39)22(12-13-25(36)37)32-27(38)24-18-23(19-8-10-21(35)11-9-19)30-26(31-24)20-6-4-3-5-7-20/h3-8,18,22H,2,9-17H2,1H3,(H,32,38)(H,36,37)/t22-/m0/s1. The third-order valence-corrected chi connectivity index (χ3v) is 6.84. The van der Waals surface area contributed by atoms with Crippen molar-refractivity contribution >= 4 is 35.3 Å². The number of rotatable bonds is 10. The Labute approximate surface area is 242 Å². The summed E-state index contributed by atoms with van der Waals surface area (Å²) in [6, 6.07) is 9.50. The Balaban J connectivity index is 1.53. The van der Waals surface area contributed by atoms with Crippen LogP contribution in [0.1, 0.15) is 55.2 Å². The van der Waals surface area contributed by atoms with E-state index in [-0.39, 0.29) is 63.5 Å². The van der Waals surface area contributed by atoms with Gasteiger partial charge in [0.15, 0.2) is 5.82 Å². The van der Waals surface area contributed by atoms with Crippen molar-refractivity contribution in [2.24, 2.45) is 0 Å². The number of nitrogens with one attached hydrogen (secondary N) is 1. The Bertz CT molecular complexity index is 1360. The monoisotopic (exact) mass is 579 g/mol. The molecule has 1 aromatic carbocycles. The Morgan fingerprint density at radius 3 is 2.43 bits per heavy atom. The summed E-state index contributed by atoms with van der Waals surface area (Å²) >= 11 is 0. The van der Waals surface area contributed by atoms with Crippen LogP contribution in [0.15, 0.2) is 42.5 Å². The Morgan fingerprint density at radius 1 is 1.05 bits per heavy atom. The average molecular weight is 580 g/mol. The maximum atomic E-state index is 13.5. The molecule has 2 aliphatic rings. The van der Waals surface area contributed by atoms with Crippen LogP contribution in [0.4, 0.5) is 4.79 Å². The summed E-state index contributed by atoms with van der Waals surface area (Å²) in [5.74, 6) is -1.78. The summed E-state index contributed by atoms with van der Waals surface area (Å²) in [5.41, 5.74) is 2.03. The molecule has 2 N–H and O–H groups in total. The molecule has 0 bridgehead atoms. The van der Waals surface area contributed by atoms with E-state index in [4.69, 9.17) is 9.57 Å². The minimum absolute atomic E-state index is 0.0115. The number of aromatic nitrogens is 2. The predicted octanol–water partition coefficient (Wildman–Crippen LogP) is 2.48. The molecule has 1 fully saturated rings. The molecule has 13 heteroatoms. The van der Waals surface area contributed by atoms with Crippen LogP contribution in [0.5, 0.6) is 0 Å². The van der Waals surface area contributed by atoms with Crippen molar-refractivity contribution in [1.82, 2.24) is 25.2 Å². The molecule has 0 spiro atoms. The number of hydroxylamine groups is 2. The second-order valence-electron chi connectivity index (χ2n) is 9.79. The number of carbonyl (C=O) groups excluding carboxylic acids is 4. The quantitative estimate of drug-likeness (QED) is 0.397. The van der Waals surface area contributed by atoms with Crippen molar-refractivity contribution in [2.45, 2.75) is 45.1 Å². The molecular weight excluding hydrogens is 546 g/mol. The number of hydrogen-bond donors (Lipinski definition) is 2. The summed E-state index contributed by atoms with van der Waals surface area (Å²) in [6.07, 6.45) is 1.64. The van der Waals surface area contributed by atoms with Gasteiger partial charge in [0.05, 0.1) is 25.4 Å². The molecule has 4 rings (SSSR count). The van der Waals surface area contributed by atoms with Crippen molar-refractivity contribution < 1.29 is 38.7 Å². The highest BCUT2D eigenvalue weighted by molar-refractivity contribution is 5.97. The first-order valence-corrected chi connectivity index (χ1v) is 13.8. The lowest BCUT2D eigenvalue weighted by molar-refractivity contribution is -0.157. The number of piperazine rings is 1. The highest BCUT2D eigenvalue weighted by atomic mass is 16.8. The Kier molecular flexibility index (Phi) is 10.3. The van der Waals surface area contributed by atoms with Crippen LogP contribution < -0.4 is 5.32 Å². The fourth-order valence-corrected chi connectivity index (χ4v) is 4.62. The summed E-state index contributed by atoms with van der Waals surface area (Å²) in [7, 11) is 0. The van der Waals surface area contributed by atoms with Crippen LogP contribution in [0.2, 0.25) is 0 Å². The van der Waals surface area contributed by atoms with Crippen molar-refractivity contribution in [3.8, 4) is 11.4 Å². The molecule has 13 nitrogen and oxygen atoms in total. The molecule has 1 aliphatic heterocycles. The van der Waals surface area contributed by atoms with Crippen molar-refractivity contribution in [3.05, 3.63) is 53.9 Å². The maximum absolute atomic E-state index is 13.5. The number of nitrogens with zero attached hydrogens (tertiary/aromatic N) is 4. The number of hydrogen-bond acceptors (Lipinski definition) is 10. The van der Waals surface area contributed by atoms with E-state index in [0.29, 0.717) is 29.9 Å². The molecular formula is C29H33N5O8. The molecule has 2 aromatic rings. The first kappa shape index (κ1) is 30.3. The third-order valence-electron chi connectivity index (χ3n) is 6.84. The second-order valence-corrected chi connectivity index (χ2v) is 9.79. The van der Waals surface area contributed by atoms with E-state index >= 15 is 0 Å². The maximum Gasteiger partial charge on any atom is 0.527 e. The normalized spacial score (nSPS) is 16.3. The molecule has 42 heavy (non-hydrogen) atoms. The average Bonchev–Trinajstić information content (AvgIpc) is 2.99. The number of ether oxygens (including phenoxy) is 1. The summed E-state index contributed by atoms with van der Waals surface area (Å²) in [5, 5.41) is 13.3. The van der Waals surface area contributed by atoms with Crippen molar-refractivity contribution in [3.63, 3.8) is 0 Å². The van der Waals surface area contributed by atoms with Crippen LogP contribution in [0, 0.1) is 0 Å². The second kappa shape index (κ2) is 14.3. The minimum atomic E-state index is -1.13. The molecule has 2 heterocycles. The summed E-state index contributed by atoms with van der Waals surface area (Å²) < 4.78 is 4.77. The van der Waals surface area contributed by atoms with Gasteiger partial charge in [-0.3, -0.25) is 19.2 Å². The van der Waals surface area contributed by atoms with Gasteiger partial charge in [-0.1, -0.05) is 36.4 Å². The number of allylic oxidation sites excluding steroid dienone is 2. The molecule has 2 amide bonds. The van der Waals surface area contributed by atoms with Gasteiger partial charge in [-0.05, 0) is 31.4 Å². The SMILES string of the molecule is CCOC(=O)ON1CCN(C(=O)[C@H](CCC(=O)O)NC(=O)c2cc(C3=CCC(=O)CC3)nc(-c3ccccc3)n2)CC1. The molecule has 1 aliphatic carbocycles. The van der Waals surface area contributed by atoms with Gasteiger partial charge in [-0.25, -0.2) is 14.8 Å². The van der Waals surface area contributed by atoms with E-state index in [2.05, 4.69) is 15.3 Å². The van der Waals surface area contributed by atoms with E-state index in [1.54, 1.807) is 13.0 Å². The van der Waals surface area contributed by atoms with Gasteiger partial charge in [0.25, 0.3) is 5.91 Å². The highest BCUT2D eigenvalue weighted by Gasteiger charge is 2.31. The lowest BCUT2D eigenvalue weighted by atomic mass is 9.95. The third kappa shape index (κ3) is 8.19. The van der Waals surface area contributed by atoms with Gasteiger partial charge in [0.1, 0.15) is 17.5 Å². The first-order valence-electron chi connectivity index (χ1n) is 13.8. The van der Waals surface area contributed by atoms with E-state index in [1.165, 1.54) is 16.0 Å². The zero-order valence-corrected chi connectivity index (χ0v) is 23.3. The highest BCUT2D eigenvalue weighted by Crippen LogP contribution is 2.26. The van der Waals surface area contributed by atoms with Crippen LogP contribution in [-0.2, 0) is 24.0 Å². The van der Waals surface area contributed by atoms with E-state index in [9.17, 15) is 29.1 Å². The van der Waals surface area contributed by atoms with Gasteiger partial charge < -0.3 is 24.9 Å². The summed E-state index contributed by atoms with van der Waals surface area (Å²) in [6.45, 7) is 2.65. The number of carboxylic acid groups (broad SMARTS) is 1. The van der Waals surface area contributed by atoms with Crippen LogP contribution in [-0.4, -0.2) is 93.6 Å². The zero-order valence-electron chi connectivity index (χ0n) is 23.3. The molecule has 0 saturated carbocycles. The molecule has 222 valence electrons. The predicted molar refractivity (Wildman–Crippen MR) is 149 cm³/mol. The Morgan fingerprint density at radius 2 is 1.79 bits per heavy atom.